The van der Waals surface area contributed by atoms with Gasteiger partial charge >= 0.3 is 0 Å². The molecule has 0 radical (unpaired) electrons. The van der Waals surface area contributed by atoms with Crippen LogP contribution in [0.15, 0.2) is 68.5 Å². The van der Waals surface area contributed by atoms with Crippen LogP contribution in [0.2, 0.25) is 0 Å². The van der Waals surface area contributed by atoms with E-state index >= 15 is 0 Å². The first-order chi connectivity index (χ1) is 13.2. The molecule has 7 heteroatoms. The number of rotatable bonds is 6. The molecule has 0 aliphatic carbocycles. The van der Waals surface area contributed by atoms with Crippen LogP contribution in [0.25, 0.3) is 11.3 Å². The molecule has 0 bridgehead atoms. The smallest absolute Gasteiger partial charge is 0.206 e. The number of thiazole rings is 1. The number of nitrogens with zero attached hydrogens (tertiary/aromatic N) is 4. The highest BCUT2D eigenvalue weighted by Gasteiger charge is 2.10. The van der Waals surface area contributed by atoms with Crippen molar-refractivity contribution in [2.24, 2.45) is 10.1 Å². The summed E-state index contributed by atoms with van der Waals surface area (Å²) >= 11 is 5.14. The van der Waals surface area contributed by atoms with Crippen molar-refractivity contribution in [3.05, 3.63) is 74.3 Å². The summed E-state index contributed by atoms with van der Waals surface area (Å²) in [5.41, 5.74) is 3.53. The number of benzene rings is 2. The molecular weight excluding hydrogens is 424 g/mol. The van der Waals surface area contributed by atoms with Crippen LogP contribution >= 0.6 is 27.3 Å². The first kappa shape index (κ1) is 19.2. The number of ether oxygens (including phenoxy) is 1. The minimum Gasteiger partial charge on any atom is -0.383 e. The largest absolute Gasteiger partial charge is 0.383 e. The molecular formula is C20H17BrN4OS. The molecule has 0 amide bonds. The van der Waals surface area contributed by atoms with E-state index in [1.807, 2.05) is 46.5 Å². The lowest BCUT2D eigenvalue weighted by molar-refractivity contribution is 0.207. The zero-order valence-electron chi connectivity index (χ0n) is 14.7. The Morgan fingerprint density at radius 3 is 2.70 bits per heavy atom. The fraction of sp³-hybridized carbons (Fsp3) is 0.150. The lowest BCUT2D eigenvalue weighted by Gasteiger charge is -2.05. The number of nitriles is 1. The average Bonchev–Trinajstić information content (AvgIpc) is 3.10. The molecule has 3 rings (SSSR count). The Morgan fingerprint density at radius 1 is 1.22 bits per heavy atom. The molecule has 1 heterocycles. The predicted octanol–water partition coefficient (Wildman–Crippen LogP) is 4.28. The molecule has 0 aliphatic heterocycles. The number of hydrogen-bond donors (Lipinski definition) is 0. The lowest BCUT2D eigenvalue weighted by atomic mass is 10.2. The molecule has 0 atom stereocenters. The van der Waals surface area contributed by atoms with Crippen molar-refractivity contribution in [2.45, 2.75) is 0 Å². The van der Waals surface area contributed by atoms with Gasteiger partial charge in [0.05, 0.1) is 36.7 Å². The highest BCUT2D eigenvalue weighted by Crippen LogP contribution is 2.28. The van der Waals surface area contributed by atoms with Gasteiger partial charge in [-0.05, 0) is 23.8 Å². The second kappa shape index (κ2) is 9.42. The third-order valence-corrected chi connectivity index (χ3v) is 5.29. The molecule has 0 spiro atoms. The highest BCUT2D eigenvalue weighted by atomic mass is 79.9. The summed E-state index contributed by atoms with van der Waals surface area (Å²) in [5, 5.41) is 15.6. The van der Waals surface area contributed by atoms with E-state index in [0.29, 0.717) is 18.7 Å². The van der Waals surface area contributed by atoms with Crippen molar-refractivity contribution in [1.82, 2.24) is 4.68 Å². The van der Waals surface area contributed by atoms with E-state index in [4.69, 9.17) is 10.00 Å². The molecule has 0 unspecified atom stereocenters. The Kier molecular flexibility index (Phi) is 6.71. The van der Waals surface area contributed by atoms with Crippen molar-refractivity contribution in [3.8, 4) is 17.3 Å². The lowest BCUT2D eigenvalue weighted by Crippen LogP contribution is -2.13. The molecule has 2 aromatic carbocycles. The predicted molar refractivity (Wildman–Crippen MR) is 112 cm³/mol. The van der Waals surface area contributed by atoms with E-state index < -0.39 is 0 Å². The van der Waals surface area contributed by atoms with Crippen LogP contribution < -0.4 is 4.80 Å². The summed E-state index contributed by atoms with van der Waals surface area (Å²) in [4.78, 5) is 5.39. The van der Waals surface area contributed by atoms with Crippen molar-refractivity contribution >= 4 is 33.5 Å². The maximum Gasteiger partial charge on any atom is 0.206 e. The van der Waals surface area contributed by atoms with Gasteiger partial charge in [-0.1, -0.05) is 46.3 Å². The fourth-order valence-electron chi connectivity index (χ4n) is 2.37. The molecule has 0 fully saturated rings. The van der Waals surface area contributed by atoms with Gasteiger partial charge in [0.2, 0.25) is 4.80 Å². The molecule has 0 N–H and O–H groups in total. The first-order valence-corrected chi connectivity index (χ1v) is 9.89. The third kappa shape index (κ3) is 4.80. The molecule has 3 aromatic rings. The van der Waals surface area contributed by atoms with E-state index in [0.717, 1.165) is 26.1 Å². The second-order valence-corrected chi connectivity index (χ2v) is 7.24. The standard InChI is InChI=1S/C20H17BrN4OS/c1-26-11-10-23-20-25(24-13-16-8-6-15(12-22)7-9-16)19(14-27-20)17-4-2-3-5-18(17)21/h2-9,13-14H,10-11H2,1H3/b23-20?,24-13+. The van der Waals surface area contributed by atoms with Crippen LogP contribution in [0, 0.1) is 11.3 Å². The summed E-state index contributed by atoms with van der Waals surface area (Å²) in [6.45, 7) is 1.13. The van der Waals surface area contributed by atoms with E-state index in [2.05, 4.69) is 32.1 Å². The van der Waals surface area contributed by atoms with Gasteiger partial charge in [0.15, 0.2) is 0 Å². The normalized spacial score (nSPS) is 11.8. The Balaban J connectivity index is 2.03. The topological polar surface area (TPSA) is 62.7 Å². The Morgan fingerprint density at radius 2 is 2.00 bits per heavy atom. The van der Waals surface area contributed by atoms with Crippen LogP contribution in [-0.2, 0) is 4.74 Å². The zero-order valence-corrected chi connectivity index (χ0v) is 17.1. The van der Waals surface area contributed by atoms with Crippen molar-refractivity contribution in [1.29, 1.82) is 5.26 Å². The van der Waals surface area contributed by atoms with Crippen LogP contribution in [0.5, 0.6) is 0 Å². The van der Waals surface area contributed by atoms with Gasteiger partial charge in [-0.15, -0.1) is 11.3 Å². The van der Waals surface area contributed by atoms with Crippen molar-refractivity contribution < 1.29 is 4.74 Å². The maximum absolute atomic E-state index is 8.92. The summed E-state index contributed by atoms with van der Waals surface area (Å²) in [6, 6.07) is 17.4. The van der Waals surface area contributed by atoms with Crippen LogP contribution in [-0.4, -0.2) is 31.2 Å². The molecule has 0 aliphatic rings. The molecule has 136 valence electrons. The molecule has 0 saturated heterocycles. The molecule has 5 nitrogen and oxygen atoms in total. The van der Waals surface area contributed by atoms with E-state index in [9.17, 15) is 0 Å². The van der Waals surface area contributed by atoms with Crippen LogP contribution in [0.4, 0.5) is 0 Å². The Hall–Kier alpha value is -2.53. The number of hydrogen-bond acceptors (Lipinski definition) is 5. The monoisotopic (exact) mass is 440 g/mol. The Bertz CT molecular complexity index is 1040. The highest BCUT2D eigenvalue weighted by molar-refractivity contribution is 9.10. The van der Waals surface area contributed by atoms with Crippen molar-refractivity contribution in [2.75, 3.05) is 20.3 Å². The van der Waals surface area contributed by atoms with Gasteiger partial charge in [0, 0.05) is 22.5 Å². The van der Waals surface area contributed by atoms with Crippen LogP contribution in [0.1, 0.15) is 11.1 Å². The minimum absolute atomic E-state index is 0.557. The van der Waals surface area contributed by atoms with E-state index in [1.54, 1.807) is 25.5 Å². The first-order valence-electron chi connectivity index (χ1n) is 8.22. The zero-order chi connectivity index (χ0) is 19.1. The summed E-state index contributed by atoms with van der Waals surface area (Å²) in [5.74, 6) is 0. The fourth-order valence-corrected chi connectivity index (χ4v) is 3.72. The van der Waals surface area contributed by atoms with E-state index in [1.165, 1.54) is 11.3 Å². The van der Waals surface area contributed by atoms with Gasteiger partial charge in [0.25, 0.3) is 0 Å². The van der Waals surface area contributed by atoms with Gasteiger partial charge < -0.3 is 4.74 Å². The van der Waals surface area contributed by atoms with Gasteiger partial charge in [-0.3, -0.25) is 4.99 Å². The van der Waals surface area contributed by atoms with Gasteiger partial charge in [-0.2, -0.15) is 10.4 Å². The minimum atomic E-state index is 0.557. The maximum atomic E-state index is 8.92. The van der Waals surface area contributed by atoms with Gasteiger partial charge in [-0.25, -0.2) is 4.68 Å². The van der Waals surface area contributed by atoms with E-state index in [-0.39, 0.29) is 0 Å². The molecule has 1 aromatic heterocycles. The second-order valence-electron chi connectivity index (χ2n) is 5.55. The Labute approximate surface area is 170 Å². The number of halogens is 1. The summed E-state index contributed by atoms with van der Waals surface area (Å²) in [7, 11) is 1.66. The summed E-state index contributed by atoms with van der Waals surface area (Å²) < 4.78 is 7.92. The number of methoxy groups -OCH3 is 1. The summed E-state index contributed by atoms with van der Waals surface area (Å²) in [6.07, 6.45) is 1.77. The molecule has 0 saturated carbocycles. The van der Waals surface area contributed by atoms with Gasteiger partial charge in [0.1, 0.15) is 0 Å². The van der Waals surface area contributed by atoms with Crippen molar-refractivity contribution in [3.63, 3.8) is 0 Å². The van der Waals surface area contributed by atoms with Crippen LogP contribution in [0.3, 0.4) is 0 Å². The third-order valence-electron chi connectivity index (χ3n) is 3.74. The average molecular weight is 441 g/mol. The SMILES string of the molecule is COCCN=c1scc(-c2ccccc2Br)n1/N=C/c1ccc(C#N)cc1. The number of aromatic nitrogens is 1. The quantitative estimate of drug-likeness (QED) is 0.424. The molecule has 27 heavy (non-hydrogen) atoms.